The van der Waals surface area contributed by atoms with Gasteiger partial charge in [0.2, 0.25) is 0 Å². The lowest BCUT2D eigenvalue weighted by atomic mass is 10.3. The van der Waals surface area contributed by atoms with Crippen molar-refractivity contribution >= 4 is 39.7 Å². The highest BCUT2D eigenvalue weighted by Crippen LogP contribution is 2.21. The summed E-state index contributed by atoms with van der Waals surface area (Å²) in [7, 11) is 0. The Morgan fingerprint density at radius 1 is 1.61 bits per heavy atom. The monoisotopic (exact) mass is 284 g/mol. The number of aromatic amines is 1. The minimum atomic E-state index is -0.948. The molecule has 0 radical (unpaired) electrons. The second kappa shape index (κ2) is 5.03. The maximum atomic E-state index is 12.2. The molecule has 18 heavy (non-hydrogen) atoms. The van der Waals surface area contributed by atoms with Crippen LogP contribution in [0.5, 0.6) is 0 Å². The van der Waals surface area contributed by atoms with Crippen molar-refractivity contribution in [3.8, 4) is 0 Å². The number of hydrogen-bond acceptors (Lipinski definition) is 4. The minimum Gasteiger partial charge on any atom is -0.481 e. The summed E-state index contributed by atoms with van der Waals surface area (Å²) < 4.78 is 1.58. The predicted octanol–water partition coefficient (Wildman–Crippen LogP) is 2.16. The Labute approximate surface area is 112 Å². The molecule has 7 heteroatoms. The van der Waals surface area contributed by atoms with Crippen molar-refractivity contribution in [1.29, 1.82) is 0 Å². The number of aryl methyl sites for hydroxylation is 1. The molecule has 5 nitrogen and oxygen atoms in total. The van der Waals surface area contributed by atoms with Gasteiger partial charge < -0.3 is 10.1 Å². The summed E-state index contributed by atoms with van der Waals surface area (Å²) in [5.41, 5.74) is -0.217. The van der Waals surface area contributed by atoms with Gasteiger partial charge in [-0.15, -0.1) is 11.3 Å². The van der Waals surface area contributed by atoms with Gasteiger partial charge in [-0.05, 0) is 24.7 Å². The van der Waals surface area contributed by atoms with E-state index < -0.39 is 5.97 Å². The van der Waals surface area contributed by atoms with E-state index >= 15 is 0 Å². The van der Waals surface area contributed by atoms with E-state index in [1.165, 1.54) is 15.9 Å². The summed E-state index contributed by atoms with van der Waals surface area (Å²) in [4.78, 5) is 27.6. The van der Waals surface area contributed by atoms with E-state index in [2.05, 4.69) is 4.98 Å². The number of carboxylic acid groups (broad SMARTS) is 1. The molecule has 96 valence electrons. The van der Waals surface area contributed by atoms with E-state index in [1.807, 2.05) is 13.0 Å². The fraction of sp³-hybridized carbons (Fsp3) is 0.364. The average Bonchev–Trinajstić information content (AvgIpc) is 2.71. The van der Waals surface area contributed by atoms with Crippen molar-refractivity contribution in [1.82, 2.24) is 9.55 Å². The van der Waals surface area contributed by atoms with Crippen LogP contribution in [0, 0.1) is 4.77 Å². The van der Waals surface area contributed by atoms with E-state index in [0.29, 0.717) is 5.39 Å². The molecular formula is C11H12N2O3S2. The number of nitrogens with one attached hydrogen (secondary N) is 1. The number of fused-ring (bicyclic) bond motifs is 1. The number of nitrogens with zero attached hydrogens (tertiary/aromatic N) is 1. The molecule has 0 amide bonds. The molecule has 2 aromatic heterocycles. The van der Waals surface area contributed by atoms with Crippen LogP contribution in [0.15, 0.2) is 10.9 Å². The average molecular weight is 284 g/mol. The third kappa shape index (κ3) is 2.37. The Hall–Kier alpha value is -1.47. The van der Waals surface area contributed by atoms with Gasteiger partial charge >= 0.3 is 5.97 Å². The molecule has 2 N–H and O–H groups in total. The second-order valence-corrected chi connectivity index (χ2v) is 5.36. The van der Waals surface area contributed by atoms with Crippen LogP contribution in [0.1, 0.15) is 18.2 Å². The molecule has 0 atom stereocenters. The summed E-state index contributed by atoms with van der Waals surface area (Å²) in [5, 5.41) is 9.23. The molecule has 0 bridgehead atoms. The Bertz CT molecular complexity index is 711. The van der Waals surface area contributed by atoms with Gasteiger partial charge in [0.25, 0.3) is 5.56 Å². The number of hydrogen-bond donors (Lipinski definition) is 2. The summed E-state index contributed by atoms with van der Waals surface area (Å²) in [6, 6.07) is 1.84. The molecular weight excluding hydrogens is 272 g/mol. The molecule has 0 spiro atoms. The number of carboxylic acids is 1. The topological polar surface area (TPSA) is 75.1 Å². The van der Waals surface area contributed by atoms with E-state index in [1.54, 1.807) is 0 Å². The van der Waals surface area contributed by atoms with Gasteiger partial charge in [0.1, 0.15) is 4.83 Å². The van der Waals surface area contributed by atoms with Gasteiger partial charge in [-0.1, -0.05) is 6.92 Å². The van der Waals surface area contributed by atoms with Crippen LogP contribution in [0.25, 0.3) is 10.2 Å². The second-order valence-electron chi connectivity index (χ2n) is 3.84. The van der Waals surface area contributed by atoms with Gasteiger partial charge in [-0.2, -0.15) is 0 Å². The van der Waals surface area contributed by atoms with E-state index in [-0.39, 0.29) is 23.3 Å². The van der Waals surface area contributed by atoms with Crippen molar-refractivity contribution in [2.45, 2.75) is 26.3 Å². The molecule has 0 saturated carbocycles. The zero-order valence-corrected chi connectivity index (χ0v) is 11.4. The molecule has 2 rings (SSSR count). The molecule has 0 aliphatic heterocycles. The van der Waals surface area contributed by atoms with Crippen LogP contribution in [0.3, 0.4) is 0 Å². The first-order valence-corrected chi connectivity index (χ1v) is 6.72. The number of aliphatic carboxylic acids is 1. The zero-order chi connectivity index (χ0) is 13.3. The van der Waals surface area contributed by atoms with Crippen LogP contribution in [-0.2, 0) is 17.8 Å². The van der Waals surface area contributed by atoms with Gasteiger partial charge in [0.15, 0.2) is 4.77 Å². The Morgan fingerprint density at radius 2 is 2.33 bits per heavy atom. The number of aromatic nitrogens is 2. The highest BCUT2D eigenvalue weighted by Gasteiger charge is 2.10. The molecule has 0 fully saturated rings. The highest BCUT2D eigenvalue weighted by atomic mass is 32.1. The molecule has 0 aromatic carbocycles. The third-order valence-electron chi connectivity index (χ3n) is 2.62. The fourth-order valence-corrected chi connectivity index (χ4v) is 3.01. The van der Waals surface area contributed by atoms with Crippen molar-refractivity contribution < 1.29 is 9.90 Å². The summed E-state index contributed by atoms with van der Waals surface area (Å²) in [6.07, 6.45) is 0.738. The maximum Gasteiger partial charge on any atom is 0.305 e. The Balaban J connectivity index is 2.57. The lowest BCUT2D eigenvalue weighted by molar-refractivity contribution is -0.137. The summed E-state index contributed by atoms with van der Waals surface area (Å²) >= 11 is 6.59. The number of rotatable bonds is 4. The smallest absolute Gasteiger partial charge is 0.305 e. The first kappa shape index (κ1) is 13.0. The summed E-state index contributed by atoms with van der Waals surface area (Å²) in [5.74, 6) is -0.948. The number of carbonyl (C=O) groups is 1. The van der Waals surface area contributed by atoms with E-state index in [4.69, 9.17) is 17.3 Å². The van der Waals surface area contributed by atoms with E-state index in [0.717, 1.165) is 16.1 Å². The quantitative estimate of drug-likeness (QED) is 0.844. The fourth-order valence-electron chi connectivity index (χ4n) is 1.68. The predicted molar refractivity (Wildman–Crippen MR) is 72.9 cm³/mol. The van der Waals surface area contributed by atoms with E-state index in [9.17, 15) is 9.59 Å². The molecule has 0 saturated heterocycles. The standard InChI is InChI=1S/C11H12N2O3S2/c1-2-6-5-7-9(18-6)12-11(17)13(10(7)16)4-3-8(14)15/h5H,2-4H2,1H3,(H,12,17)(H,14,15). The van der Waals surface area contributed by atoms with Gasteiger partial charge in [0.05, 0.1) is 11.8 Å². The van der Waals surface area contributed by atoms with Gasteiger partial charge in [0, 0.05) is 11.4 Å². The van der Waals surface area contributed by atoms with Crippen LogP contribution in [-0.4, -0.2) is 20.6 Å². The van der Waals surface area contributed by atoms with Crippen molar-refractivity contribution in [3.05, 3.63) is 26.1 Å². The van der Waals surface area contributed by atoms with Crippen LogP contribution < -0.4 is 5.56 Å². The van der Waals surface area contributed by atoms with Crippen molar-refractivity contribution in [2.75, 3.05) is 0 Å². The van der Waals surface area contributed by atoms with Crippen LogP contribution >= 0.6 is 23.6 Å². The molecule has 2 aromatic rings. The number of H-pyrrole nitrogens is 1. The summed E-state index contributed by atoms with van der Waals surface area (Å²) in [6.45, 7) is 2.11. The van der Waals surface area contributed by atoms with Gasteiger partial charge in [-0.3, -0.25) is 14.2 Å². The third-order valence-corrected chi connectivity index (χ3v) is 4.14. The lowest BCUT2D eigenvalue weighted by Crippen LogP contribution is -2.22. The molecule has 0 aliphatic rings. The largest absolute Gasteiger partial charge is 0.481 e. The number of thiophene rings is 1. The minimum absolute atomic E-state index is 0.0940. The Kier molecular flexibility index (Phi) is 3.63. The zero-order valence-electron chi connectivity index (χ0n) is 9.73. The SMILES string of the molecule is CCc1cc2c(=O)n(CCC(=O)O)c(=S)[nH]c2s1. The highest BCUT2D eigenvalue weighted by molar-refractivity contribution is 7.71. The Morgan fingerprint density at radius 3 is 2.94 bits per heavy atom. The molecule has 0 aliphatic carbocycles. The van der Waals surface area contributed by atoms with Crippen molar-refractivity contribution in [2.24, 2.45) is 0 Å². The lowest BCUT2D eigenvalue weighted by Gasteiger charge is -2.03. The normalized spacial score (nSPS) is 10.9. The molecule has 0 unspecified atom stereocenters. The van der Waals surface area contributed by atoms with Crippen LogP contribution in [0.2, 0.25) is 0 Å². The van der Waals surface area contributed by atoms with Crippen molar-refractivity contribution in [3.63, 3.8) is 0 Å². The van der Waals surface area contributed by atoms with Gasteiger partial charge in [-0.25, -0.2) is 0 Å². The first-order chi connectivity index (χ1) is 8.52. The maximum absolute atomic E-state index is 12.2. The van der Waals surface area contributed by atoms with Crippen LogP contribution in [0.4, 0.5) is 0 Å². The molecule has 2 heterocycles. The first-order valence-electron chi connectivity index (χ1n) is 5.50.